The molecule has 10 heteroatoms. The van der Waals surface area contributed by atoms with Crippen molar-refractivity contribution in [3.8, 4) is 17.2 Å². The van der Waals surface area contributed by atoms with E-state index >= 15 is 0 Å². The summed E-state index contributed by atoms with van der Waals surface area (Å²) < 4.78 is 12.2. The van der Waals surface area contributed by atoms with Crippen LogP contribution in [0.4, 0.5) is 4.79 Å². The lowest BCUT2D eigenvalue weighted by atomic mass is 9.91. The van der Waals surface area contributed by atoms with Gasteiger partial charge in [-0.1, -0.05) is 24.3 Å². The van der Waals surface area contributed by atoms with Gasteiger partial charge < -0.3 is 14.8 Å². The van der Waals surface area contributed by atoms with Crippen LogP contribution in [-0.4, -0.2) is 43.8 Å². The number of ether oxygens (including phenoxy) is 2. The summed E-state index contributed by atoms with van der Waals surface area (Å²) in [5.41, 5.74) is 0.103. The van der Waals surface area contributed by atoms with Crippen molar-refractivity contribution in [1.29, 1.82) is 0 Å². The second-order valence-electron chi connectivity index (χ2n) is 6.86. The molecule has 5 rings (SSSR count). The SMILES string of the molecule is C[C@@]1(c2ccc3c(c2)OCO3)NC(=O)N(Cc2nnnn2-c2ccccc2)C1=O. The zero-order valence-electron chi connectivity index (χ0n) is 15.4. The van der Waals surface area contributed by atoms with Crippen LogP contribution < -0.4 is 14.8 Å². The summed E-state index contributed by atoms with van der Waals surface area (Å²) in [6.45, 7) is 1.72. The molecule has 2 aliphatic heterocycles. The van der Waals surface area contributed by atoms with Gasteiger partial charge in [0, 0.05) is 0 Å². The fourth-order valence-electron chi connectivity index (χ4n) is 3.46. The molecule has 1 aromatic heterocycles. The lowest BCUT2D eigenvalue weighted by Gasteiger charge is -2.22. The second kappa shape index (κ2) is 6.30. The highest BCUT2D eigenvalue weighted by Gasteiger charge is 2.49. The normalized spacial score (nSPS) is 20.2. The van der Waals surface area contributed by atoms with Crippen LogP contribution in [0.2, 0.25) is 0 Å². The number of fused-ring (bicyclic) bond motifs is 1. The Labute approximate surface area is 165 Å². The van der Waals surface area contributed by atoms with Gasteiger partial charge in [-0.3, -0.25) is 9.69 Å². The molecule has 1 fully saturated rings. The fourth-order valence-corrected chi connectivity index (χ4v) is 3.46. The molecule has 2 aromatic carbocycles. The summed E-state index contributed by atoms with van der Waals surface area (Å²) in [6.07, 6.45) is 0. The van der Waals surface area contributed by atoms with Crippen LogP contribution in [0.3, 0.4) is 0 Å². The average Bonchev–Trinajstić information content (AvgIpc) is 3.44. The van der Waals surface area contributed by atoms with E-state index in [4.69, 9.17) is 9.47 Å². The molecule has 146 valence electrons. The summed E-state index contributed by atoms with van der Waals surface area (Å²) in [5, 5.41) is 14.4. The third-order valence-electron chi connectivity index (χ3n) is 5.06. The number of carbonyl (C=O) groups excluding carboxylic acids is 2. The molecule has 0 aliphatic carbocycles. The van der Waals surface area contributed by atoms with Crippen LogP contribution in [-0.2, 0) is 16.9 Å². The van der Waals surface area contributed by atoms with Gasteiger partial charge in [-0.05, 0) is 47.2 Å². The number of nitrogens with zero attached hydrogens (tertiary/aromatic N) is 5. The van der Waals surface area contributed by atoms with E-state index in [9.17, 15) is 9.59 Å². The minimum Gasteiger partial charge on any atom is -0.454 e. The van der Waals surface area contributed by atoms with E-state index in [2.05, 4.69) is 20.8 Å². The van der Waals surface area contributed by atoms with Crippen LogP contribution >= 0.6 is 0 Å². The number of aromatic nitrogens is 4. The van der Waals surface area contributed by atoms with Gasteiger partial charge in [0.15, 0.2) is 17.3 Å². The lowest BCUT2D eigenvalue weighted by Crippen LogP contribution is -2.40. The molecule has 0 bridgehead atoms. The number of benzene rings is 2. The quantitative estimate of drug-likeness (QED) is 0.667. The van der Waals surface area contributed by atoms with Crippen molar-refractivity contribution in [1.82, 2.24) is 30.4 Å². The molecule has 0 unspecified atom stereocenters. The van der Waals surface area contributed by atoms with E-state index in [-0.39, 0.29) is 13.3 Å². The Morgan fingerprint density at radius 1 is 1.10 bits per heavy atom. The zero-order chi connectivity index (χ0) is 20.0. The van der Waals surface area contributed by atoms with Crippen molar-refractivity contribution >= 4 is 11.9 Å². The van der Waals surface area contributed by atoms with Crippen molar-refractivity contribution < 1.29 is 19.1 Å². The molecule has 2 aliphatic rings. The molecule has 0 spiro atoms. The monoisotopic (exact) mass is 392 g/mol. The number of urea groups is 1. The van der Waals surface area contributed by atoms with Crippen LogP contribution in [0.5, 0.6) is 11.5 Å². The Morgan fingerprint density at radius 3 is 2.72 bits per heavy atom. The smallest absolute Gasteiger partial charge is 0.325 e. The van der Waals surface area contributed by atoms with Crippen LogP contribution in [0.1, 0.15) is 18.3 Å². The average molecular weight is 392 g/mol. The first-order valence-corrected chi connectivity index (χ1v) is 8.93. The van der Waals surface area contributed by atoms with E-state index < -0.39 is 17.5 Å². The Morgan fingerprint density at radius 2 is 1.90 bits per heavy atom. The van der Waals surface area contributed by atoms with Crippen LogP contribution in [0.25, 0.3) is 5.69 Å². The molecule has 1 atom stereocenters. The number of carbonyl (C=O) groups is 2. The molecule has 29 heavy (non-hydrogen) atoms. The number of hydrogen-bond donors (Lipinski definition) is 1. The predicted octanol–water partition coefficient (Wildman–Crippen LogP) is 1.36. The lowest BCUT2D eigenvalue weighted by molar-refractivity contribution is -0.131. The zero-order valence-corrected chi connectivity index (χ0v) is 15.4. The molecule has 3 aromatic rings. The molecular formula is C19H16N6O4. The highest BCUT2D eigenvalue weighted by molar-refractivity contribution is 6.07. The van der Waals surface area contributed by atoms with Crippen molar-refractivity contribution in [3.63, 3.8) is 0 Å². The largest absolute Gasteiger partial charge is 0.454 e. The first-order chi connectivity index (χ1) is 14.1. The van der Waals surface area contributed by atoms with E-state index in [1.54, 1.807) is 25.1 Å². The van der Waals surface area contributed by atoms with Crippen LogP contribution in [0, 0.1) is 0 Å². The van der Waals surface area contributed by atoms with Gasteiger partial charge in [-0.2, -0.15) is 4.68 Å². The van der Waals surface area contributed by atoms with Gasteiger partial charge in [0.2, 0.25) is 6.79 Å². The minimum absolute atomic E-state index is 0.0628. The van der Waals surface area contributed by atoms with E-state index in [1.165, 1.54) is 4.68 Å². The predicted molar refractivity (Wildman–Crippen MR) is 98.2 cm³/mol. The molecule has 3 heterocycles. The summed E-state index contributed by atoms with van der Waals surface area (Å²) in [6, 6.07) is 13.9. The van der Waals surface area contributed by atoms with E-state index in [0.717, 1.165) is 10.6 Å². The number of amides is 3. The second-order valence-corrected chi connectivity index (χ2v) is 6.86. The molecular weight excluding hydrogens is 376 g/mol. The molecule has 1 saturated heterocycles. The first kappa shape index (κ1) is 17.2. The van der Waals surface area contributed by atoms with E-state index in [1.807, 2.05) is 30.3 Å². The van der Waals surface area contributed by atoms with Gasteiger partial charge in [-0.15, -0.1) is 5.10 Å². The van der Waals surface area contributed by atoms with Crippen molar-refractivity contribution in [2.45, 2.75) is 19.0 Å². The maximum atomic E-state index is 13.2. The number of tetrazole rings is 1. The third kappa shape index (κ3) is 2.68. The fraction of sp³-hybridized carbons (Fsp3) is 0.211. The Balaban J connectivity index is 1.44. The topological polar surface area (TPSA) is 111 Å². The van der Waals surface area contributed by atoms with Crippen molar-refractivity contribution in [3.05, 3.63) is 59.9 Å². The molecule has 3 amide bonds. The number of para-hydroxylation sites is 1. The summed E-state index contributed by atoms with van der Waals surface area (Å²) in [7, 11) is 0. The maximum absolute atomic E-state index is 13.2. The van der Waals surface area contributed by atoms with Crippen molar-refractivity contribution in [2.75, 3.05) is 6.79 Å². The Bertz CT molecular complexity index is 1110. The molecule has 0 radical (unpaired) electrons. The molecule has 10 nitrogen and oxygen atoms in total. The highest BCUT2D eigenvalue weighted by atomic mass is 16.7. The summed E-state index contributed by atoms with van der Waals surface area (Å²) >= 11 is 0. The van der Waals surface area contributed by atoms with Gasteiger partial charge in [-0.25, -0.2) is 4.79 Å². The van der Waals surface area contributed by atoms with Crippen LogP contribution in [0.15, 0.2) is 48.5 Å². The number of hydrogen-bond acceptors (Lipinski definition) is 7. The summed E-state index contributed by atoms with van der Waals surface area (Å²) in [4.78, 5) is 27.0. The first-order valence-electron chi connectivity index (χ1n) is 8.93. The highest BCUT2D eigenvalue weighted by Crippen LogP contribution is 2.38. The van der Waals surface area contributed by atoms with Gasteiger partial charge in [0.25, 0.3) is 5.91 Å². The minimum atomic E-state index is -1.23. The van der Waals surface area contributed by atoms with Gasteiger partial charge >= 0.3 is 6.03 Å². The maximum Gasteiger partial charge on any atom is 0.325 e. The standard InChI is InChI=1S/C19H16N6O4/c1-19(12-7-8-14-15(9-12)29-11-28-14)17(26)24(18(27)20-19)10-16-21-22-23-25(16)13-5-3-2-4-6-13/h2-9H,10-11H2,1H3,(H,20,27)/t19-/m0/s1. The molecule has 0 saturated carbocycles. The Kier molecular flexibility index (Phi) is 3.73. The third-order valence-corrected chi connectivity index (χ3v) is 5.06. The number of nitrogens with one attached hydrogen (secondary N) is 1. The Hall–Kier alpha value is -3.95. The van der Waals surface area contributed by atoms with Gasteiger partial charge in [0.05, 0.1) is 12.2 Å². The molecule has 1 N–H and O–H groups in total. The van der Waals surface area contributed by atoms with Gasteiger partial charge in [0.1, 0.15) is 5.54 Å². The van der Waals surface area contributed by atoms with E-state index in [0.29, 0.717) is 22.9 Å². The van der Waals surface area contributed by atoms with Crippen molar-refractivity contribution in [2.24, 2.45) is 0 Å². The number of imide groups is 1. The number of rotatable bonds is 4. The summed E-state index contributed by atoms with van der Waals surface area (Å²) in [5.74, 6) is 1.11.